The van der Waals surface area contributed by atoms with Gasteiger partial charge in [-0.05, 0) is 36.4 Å². The van der Waals surface area contributed by atoms with E-state index >= 15 is 0 Å². The third kappa shape index (κ3) is 3.79. The second-order valence-electron chi connectivity index (χ2n) is 3.86. The van der Waals surface area contributed by atoms with Gasteiger partial charge < -0.3 is 14.8 Å². The second-order valence-corrected chi connectivity index (χ2v) is 3.86. The summed E-state index contributed by atoms with van der Waals surface area (Å²) in [4.78, 5) is 0. The molecule has 0 unspecified atom stereocenters. The van der Waals surface area contributed by atoms with Gasteiger partial charge in [-0.15, -0.1) is 0 Å². The summed E-state index contributed by atoms with van der Waals surface area (Å²) < 4.78 is 10.7. The molecule has 0 spiro atoms. The van der Waals surface area contributed by atoms with E-state index in [1.165, 1.54) is 0 Å². The summed E-state index contributed by atoms with van der Waals surface area (Å²) in [5.74, 6) is 1.68. The molecule has 0 fully saturated rings. The maximum absolute atomic E-state index is 5.71. The zero-order valence-corrected chi connectivity index (χ0v) is 10.4. The van der Waals surface area contributed by atoms with E-state index in [1.54, 1.807) is 7.11 Å². The number of methoxy groups -OCH3 is 1. The minimum Gasteiger partial charge on any atom is -0.457 e. The predicted molar refractivity (Wildman–Crippen MR) is 73.3 cm³/mol. The molecule has 0 radical (unpaired) electrons. The number of hydrogen-bond donors (Lipinski definition) is 1. The minimum absolute atomic E-state index is 0.697. The van der Waals surface area contributed by atoms with Crippen LogP contribution < -0.4 is 10.1 Å². The summed E-state index contributed by atoms with van der Waals surface area (Å²) in [7, 11) is 1.69. The Morgan fingerprint density at radius 3 is 2.22 bits per heavy atom. The molecule has 2 rings (SSSR count). The molecule has 0 saturated carbocycles. The van der Waals surface area contributed by atoms with Crippen LogP contribution >= 0.6 is 0 Å². The smallest absolute Gasteiger partial charge is 0.127 e. The lowest BCUT2D eigenvalue weighted by molar-refractivity contribution is 0.211. The van der Waals surface area contributed by atoms with Crippen molar-refractivity contribution in [3.8, 4) is 11.5 Å². The molecular weight excluding hydrogens is 226 g/mol. The van der Waals surface area contributed by atoms with E-state index in [-0.39, 0.29) is 0 Å². The predicted octanol–water partition coefficient (Wildman–Crippen LogP) is 3.54. The molecule has 0 saturated heterocycles. The number of hydrogen-bond acceptors (Lipinski definition) is 3. The number of nitrogens with one attached hydrogen (secondary N) is 1. The molecule has 0 aliphatic rings. The quantitative estimate of drug-likeness (QED) is 0.787. The normalized spacial score (nSPS) is 10.1. The van der Waals surface area contributed by atoms with E-state index < -0.39 is 0 Å². The van der Waals surface area contributed by atoms with Gasteiger partial charge in [0.05, 0.1) is 6.61 Å². The SMILES string of the molecule is COCCNc1ccc(Oc2ccccc2)cc1. The molecule has 18 heavy (non-hydrogen) atoms. The molecule has 3 nitrogen and oxygen atoms in total. The second kappa shape index (κ2) is 6.67. The van der Waals surface area contributed by atoms with Gasteiger partial charge in [0.1, 0.15) is 11.5 Å². The summed E-state index contributed by atoms with van der Waals surface area (Å²) in [5, 5.41) is 3.26. The van der Waals surface area contributed by atoms with Crippen LogP contribution in [0.25, 0.3) is 0 Å². The van der Waals surface area contributed by atoms with Crippen LogP contribution in [0.15, 0.2) is 54.6 Å². The monoisotopic (exact) mass is 243 g/mol. The average molecular weight is 243 g/mol. The lowest BCUT2D eigenvalue weighted by Gasteiger charge is -2.08. The summed E-state index contributed by atoms with van der Waals surface area (Å²) in [6.07, 6.45) is 0. The van der Waals surface area contributed by atoms with E-state index in [1.807, 2.05) is 54.6 Å². The summed E-state index contributed by atoms with van der Waals surface area (Å²) >= 11 is 0. The van der Waals surface area contributed by atoms with Crippen molar-refractivity contribution >= 4 is 5.69 Å². The van der Waals surface area contributed by atoms with Crippen LogP contribution in [0.2, 0.25) is 0 Å². The fraction of sp³-hybridized carbons (Fsp3) is 0.200. The molecule has 0 atom stereocenters. The lowest BCUT2D eigenvalue weighted by Crippen LogP contribution is -2.07. The maximum atomic E-state index is 5.71. The molecular formula is C15H17NO2. The van der Waals surface area contributed by atoms with Gasteiger partial charge in [-0.25, -0.2) is 0 Å². The highest BCUT2D eigenvalue weighted by Crippen LogP contribution is 2.22. The third-order valence-corrected chi connectivity index (χ3v) is 2.47. The van der Waals surface area contributed by atoms with E-state index in [2.05, 4.69) is 5.32 Å². The molecule has 1 N–H and O–H groups in total. The van der Waals surface area contributed by atoms with Gasteiger partial charge in [0, 0.05) is 19.3 Å². The highest BCUT2D eigenvalue weighted by molar-refractivity contribution is 5.47. The molecule has 0 aliphatic carbocycles. The van der Waals surface area contributed by atoms with Crippen molar-refractivity contribution in [2.45, 2.75) is 0 Å². The Kier molecular flexibility index (Phi) is 4.61. The van der Waals surface area contributed by atoms with Gasteiger partial charge in [0.2, 0.25) is 0 Å². The fourth-order valence-corrected chi connectivity index (χ4v) is 1.56. The highest BCUT2D eigenvalue weighted by atomic mass is 16.5. The van der Waals surface area contributed by atoms with Gasteiger partial charge in [-0.1, -0.05) is 18.2 Å². The Labute approximate surface area is 107 Å². The van der Waals surface area contributed by atoms with E-state index in [4.69, 9.17) is 9.47 Å². The van der Waals surface area contributed by atoms with E-state index in [0.717, 1.165) is 23.7 Å². The van der Waals surface area contributed by atoms with Crippen molar-refractivity contribution in [1.29, 1.82) is 0 Å². The van der Waals surface area contributed by atoms with Crippen LogP contribution in [0.1, 0.15) is 0 Å². The van der Waals surface area contributed by atoms with Crippen LogP contribution in [0.5, 0.6) is 11.5 Å². The molecule has 0 aromatic heterocycles. The third-order valence-electron chi connectivity index (χ3n) is 2.47. The van der Waals surface area contributed by atoms with E-state index in [0.29, 0.717) is 6.61 Å². The Morgan fingerprint density at radius 2 is 1.56 bits per heavy atom. The van der Waals surface area contributed by atoms with E-state index in [9.17, 15) is 0 Å². The fourth-order valence-electron chi connectivity index (χ4n) is 1.56. The standard InChI is InChI=1S/C15H17NO2/c1-17-12-11-16-13-7-9-15(10-8-13)18-14-5-3-2-4-6-14/h2-10,16H,11-12H2,1H3. The Balaban J connectivity index is 1.91. The van der Waals surface area contributed by atoms with Crippen molar-refractivity contribution in [3.05, 3.63) is 54.6 Å². The first-order chi connectivity index (χ1) is 8.88. The molecule has 2 aromatic carbocycles. The molecule has 0 amide bonds. The first kappa shape index (κ1) is 12.5. The first-order valence-corrected chi connectivity index (χ1v) is 5.94. The van der Waals surface area contributed by atoms with Crippen LogP contribution in [-0.4, -0.2) is 20.3 Å². The van der Waals surface area contributed by atoms with Crippen LogP contribution in [0.4, 0.5) is 5.69 Å². The number of para-hydroxylation sites is 1. The topological polar surface area (TPSA) is 30.5 Å². The lowest BCUT2D eigenvalue weighted by atomic mass is 10.3. The Hall–Kier alpha value is -2.00. The first-order valence-electron chi connectivity index (χ1n) is 5.94. The summed E-state index contributed by atoms with van der Waals surface area (Å²) in [6.45, 7) is 1.50. The van der Waals surface area contributed by atoms with Crippen molar-refractivity contribution in [2.75, 3.05) is 25.6 Å². The van der Waals surface area contributed by atoms with Crippen molar-refractivity contribution in [1.82, 2.24) is 0 Å². The van der Waals surface area contributed by atoms with Gasteiger partial charge in [-0.3, -0.25) is 0 Å². The highest BCUT2D eigenvalue weighted by Gasteiger charge is 1.96. The number of benzene rings is 2. The van der Waals surface area contributed by atoms with Crippen LogP contribution in [0.3, 0.4) is 0 Å². The largest absolute Gasteiger partial charge is 0.457 e. The molecule has 0 bridgehead atoms. The molecule has 2 aromatic rings. The van der Waals surface area contributed by atoms with Gasteiger partial charge in [0.15, 0.2) is 0 Å². The van der Waals surface area contributed by atoms with Crippen molar-refractivity contribution in [2.24, 2.45) is 0 Å². The van der Waals surface area contributed by atoms with Gasteiger partial charge in [-0.2, -0.15) is 0 Å². The minimum atomic E-state index is 0.697. The molecule has 0 heterocycles. The summed E-state index contributed by atoms with van der Waals surface area (Å²) in [6, 6.07) is 17.6. The van der Waals surface area contributed by atoms with Gasteiger partial charge >= 0.3 is 0 Å². The molecule has 94 valence electrons. The Morgan fingerprint density at radius 1 is 0.889 bits per heavy atom. The number of rotatable bonds is 6. The van der Waals surface area contributed by atoms with Crippen LogP contribution in [0, 0.1) is 0 Å². The zero-order valence-electron chi connectivity index (χ0n) is 10.4. The molecule has 3 heteroatoms. The average Bonchev–Trinajstić information content (AvgIpc) is 2.42. The zero-order chi connectivity index (χ0) is 12.6. The summed E-state index contributed by atoms with van der Waals surface area (Å²) in [5.41, 5.74) is 1.06. The van der Waals surface area contributed by atoms with Crippen molar-refractivity contribution < 1.29 is 9.47 Å². The molecule has 0 aliphatic heterocycles. The van der Waals surface area contributed by atoms with Crippen molar-refractivity contribution in [3.63, 3.8) is 0 Å². The van der Waals surface area contributed by atoms with Gasteiger partial charge in [0.25, 0.3) is 0 Å². The maximum Gasteiger partial charge on any atom is 0.127 e. The number of anilines is 1. The van der Waals surface area contributed by atoms with Crippen LogP contribution in [-0.2, 0) is 4.74 Å². The Bertz CT molecular complexity index is 454. The number of ether oxygens (including phenoxy) is 2.